The molecule has 0 amide bonds. The van der Waals surface area contributed by atoms with Gasteiger partial charge in [0, 0.05) is 33.8 Å². The smallest absolute Gasteiger partial charge is 0.257 e. The highest BCUT2D eigenvalue weighted by molar-refractivity contribution is 9.10. The SMILES string of the molecule is CC(C)CCSc1nc2c(c(=O)[nH]1)C(c1ccccc1Br)C1=C(CC(C)(C)CC1=O)N2. The molecule has 2 aliphatic rings. The Balaban J connectivity index is 1.85. The molecule has 164 valence electrons. The lowest BCUT2D eigenvalue weighted by molar-refractivity contribution is -0.118. The number of H-pyrrole nitrogens is 1. The van der Waals surface area contributed by atoms with Crippen molar-refractivity contribution in [3.05, 3.63) is 61.5 Å². The predicted octanol–water partition coefficient (Wildman–Crippen LogP) is 5.87. The first-order chi connectivity index (χ1) is 14.7. The van der Waals surface area contributed by atoms with Crippen molar-refractivity contribution in [3.63, 3.8) is 0 Å². The Labute approximate surface area is 195 Å². The van der Waals surface area contributed by atoms with E-state index >= 15 is 0 Å². The number of hydrogen-bond acceptors (Lipinski definition) is 5. The van der Waals surface area contributed by atoms with E-state index in [0.717, 1.165) is 34.3 Å². The number of hydrogen-bond donors (Lipinski definition) is 2. The van der Waals surface area contributed by atoms with Crippen LogP contribution in [0.1, 0.15) is 64.0 Å². The van der Waals surface area contributed by atoms with E-state index in [1.54, 1.807) is 11.8 Å². The number of allylic oxidation sites excluding steroid dienone is 2. The van der Waals surface area contributed by atoms with Crippen molar-refractivity contribution in [2.24, 2.45) is 11.3 Å². The number of nitrogens with zero attached hydrogens (tertiary/aromatic N) is 1. The summed E-state index contributed by atoms with van der Waals surface area (Å²) in [4.78, 5) is 34.3. The largest absolute Gasteiger partial charge is 0.343 e. The van der Waals surface area contributed by atoms with Crippen molar-refractivity contribution in [1.29, 1.82) is 0 Å². The normalized spacial score (nSPS) is 19.8. The van der Waals surface area contributed by atoms with E-state index in [1.807, 2.05) is 24.3 Å². The summed E-state index contributed by atoms with van der Waals surface area (Å²) in [5.41, 5.74) is 2.71. The molecule has 31 heavy (non-hydrogen) atoms. The van der Waals surface area contributed by atoms with Gasteiger partial charge in [-0.05, 0) is 35.8 Å². The van der Waals surface area contributed by atoms with Crippen LogP contribution in [0.4, 0.5) is 5.82 Å². The second kappa shape index (κ2) is 8.58. The summed E-state index contributed by atoms with van der Waals surface area (Å²) in [6.45, 7) is 8.59. The number of aromatic nitrogens is 2. The van der Waals surface area contributed by atoms with Crippen molar-refractivity contribution in [2.45, 2.75) is 58.0 Å². The van der Waals surface area contributed by atoms with Crippen LogP contribution >= 0.6 is 27.7 Å². The molecule has 0 saturated carbocycles. The zero-order valence-corrected chi connectivity index (χ0v) is 20.7. The summed E-state index contributed by atoms with van der Waals surface area (Å²) >= 11 is 5.20. The summed E-state index contributed by atoms with van der Waals surface area (Å²) in [6, 6.07) is 7.81. The molecule has 7 heteroatoms. The van der Waals surface area contributed by atoms with Crippen molar-refractivity contribution in [2.75, 3.05) is 11.1 Å². The maximum Gasteiger partial charge on any atom is 0.257 e. The Hall–Kier alpha value is -1.86. The van der Waals surface area contributed by atoms with Crippen LogP contribution in [0.5, 0.6) is 0 Å². The van der Waals surface area contributed by atoms with Crippen molar-refractivity contribution in [1.82, 2.24) is 9.97 Å². The van der Waals surface area contributed by atoms with E-state index in [-0.39, 0.29) is 16.8 Å². The molecule has 1 aliphatic heterocycles. The van der Waals surface area contributed by atoms with Gasteiger partial charge >= 0.3 is 0 Å². The zero-order chi connectivity index (χ0) is 22.3. The minimum absolute atomic E-state index is 0.0972. The van der Waals surface area contributed by atoms with E-state index in [1.165, 1.54) is 0 Å². The number of fused-ring (bicyclic) bond motifs is 1. The maximum atomic E-state index is 13.3. The quantitative estimate of drug-likeness (QED) is 0.395. The van der Waals surface area contributed by atoms with Gasteiger partial charge in [0.25, 0.3) is 5.56 Å². The van der Waals surface area contributed by atoms with Crippen LogP contribution in [0.25, 0.3) is 0 Å². The van der Waals surface area contributed by atoms with Gasteiger partial charge in [-0.3, -0.25) is 9.59 Å². The fourth-order valence-electron chi connectivity index (χ4n) is 4.37. The lowest BCUT2D eigenvalue weighted by Gasteiger charge is -2.38. The Morgan fingerprint density at radius 1 is 1.23 bits per heavy atom. The lowest BCUT2D eigenvalue weighted by atomic mass is 9.69. The molecule has 0 spiro atoms. The highest BCUT2D eigenvalue weighted by Gasteiger charge is 2.42. The number of anilines is 1. The molecule has 5 nitrogen and oxygen atoms in total. The van der Waals surface area contributed by atoms with Crippen molar-refractivity contribution in [3.8, 4) is 0 Å². The highest BCUT2D eigenvalue weighted by atomic mass is 79.9. The summed E-state index contributed by atoms with van der Waals surface area (Å²) in [5.74, 6) is 1.72. The van der Waals surface area contributed by atoms with E-state index in [0.29, 0.717) is 34.4 Å². The lowest BCUT2D eigenvalue weighted by Crippen LogP contribution is -2.37. The summed E-state index contributed by atoms with van der Waals surface area (Å²) in [6.07, 6.45) is 2.27. The first-order valence-corrected chi connectivity index (χ1v) is 12.5. The fourth-order valence-corrected chi connectivity index (χ4v) is 5.99. The van der Waals surface area contributed by atoms with Crippen molar-refractivity contribution >= 4 is 39.3 Å². The molecule has 1 aliphatic carbocycles. The Morgan fingerprint density at radius 2 is 1.97 bits per heavy atom. The number of nitrogens with one attached hydrogen (secondary N) is 2. The third-order valence-electron chi connectivity index (χ3n) is 5.85. The number of thioether (sulfide) groups is 1. The second-order valence-electron chi connectivity index (χ2n) is 9.58. The van der Waals surface area contributed by atoms with Gasteiger partial charge in [0.05, 0.1) is 5.56 Å². The van der Waals surface area contributed by atoms with Gasteiger partial charge in [-0.15, -0.1) is 0 Å². The van der Waals surface area contributed by atoms with Crippen LogP contribution < -0.4 is 10.9 Å². The van der Waals surface area contributed by atoms with Gasteiger partial charge in [-0.1, -0.05) is 73.6 Å². The van der Waals surface area contributed by atoms with E-state index in [2.05, 4.69) is 53.9 Å². The molecule has 1 unspecified atom stereocenters. The van der Waals surface area contributed by atoms with Crippen LogP contribution in [-0.4, -0.2) is 21.5 Å². The first-order valence-electron chi connectivity index (χ1n) is 10.7. The third kappa shape index (κ3) is 4.53. The van der Waals surface area contributed by atoms with Crippen LogP contribution in [0.3, 0.4) is 0 Å². The monoisotopic (exact) mass is 501 g/mol. The van der Waals surface area contributed by atoms with Crippen LogP contribution in [0.2, 0.25) is 0 Å². The number of Topliss-reactive ketones (excluding diaryl/α,β-unsaturated/α-hetero) is 1. The molecule has 1 aromatic heterocycles. The number of benzene rings is 1. The number of halogens is 1. The molecular weight excluding hydrogens is 474 g/mol. The molecule has 4 rings (SSSR count). The Morgan fingerprint density at radius 3 is 2.68 bits per heavy atom. The summed E-state index contributed by atoms with van der Waals surface area (Å²) in [5, 5.41) is 4.00. The number of ketones is 1. The molecule has 0 fully saturated rings. The van der Waals surface area contributed by atoms with Gasteiger partial charge in [-0.2, -0.15) is 0 Å². The minimum Gasteiger partial charge on any atom is -0.343 e. The van der Waals surface area contributed by atoms with Gasteiger partial charge in [0.1, 0.15) is 5.82 Å². The van der Waals surface area contributed by atoms with Crippen LogP contribution in [-0.2, 0) is 4.79 Å². The van der Waals surface area contributed by atoms with Gasteiger partial charge < -0.3 is 10.3 Å². The van der Waals surface area contributed by atoms with E-state index in [9.17, 15) is 9.59 Å². The highest BCUT2D eigenvalue weighted by Crippen LogP contribution is 2.48. The molecule has 1 aromatic carbocycles. The average Bonchev–Trinajstić information content (AvgIpc) is 2.65. The van der Waals surface area contributed by atoms with Crippen molar-refractivity contribution < 1.29 is 4.79 Å². The predicted molar refractivity (Wildman–Crippen MR) is 130 cm³/mol. The van der Waals surface area contributed by atoms with Crippen LogP contribution in [0.15, 0.2) is 50.0 Å². The molecule has 0 radical (unpaired) electrons. The van der Waals surface area contributed by atoms with Crippen LogP contribution in [0, 0.1) is 11.3 Å². The van der Waals surface area contributed by atoms with Gasteiger partial charge in [0.2, 0.25) is 0 Å². The summed E-state index contributed by atoms with van der Waals surface area (Å²) in [7, 11) is 0. The zero-order valence-electron chi connectivity index (χ0n) is 18.3. The summed E-state index contributed by atoms with van der Waals surface area (Å²) < 4.78 is 0.882. The molecule has 0 saturated heterocycles. The van der Waals surface area contributed by atoms with E-state index < -0.39 is 5.92 Å². The third-order valence-corrected chi connectivity index (χ3v) is 7.48. The Bertz CT molecular complexity index is 1120. The molecule has 2 aromatic rings. The van der Waals surface area contributed by atoms with Gasteiger partial charge in [0.15, 0.2) is 10.9 Å². The average molecular weight is 502 g/mol. The molecular formula is C24H28BrN3O2S. The molecule has 2 N–H and O–H groups in total. The standard InChI is InChI=1S/C24H28BrN3O2S/c1-13(2)9-10-31-23-27-21-20(22(30)28-23)18(14-7-5-6-8-15(14)25)19-16(26-21)11-24(3,4)12-17(19)29/h5-8,13,18H,9-12H2,1-4H3,(H2,26,27,28,30). The first kappa shape index (κ1) is 22.3. The minimum atomic E-state index is -0.434. The Kier molecular flexibility index (Phi) is 6.19. The number of rotatable bonds is 5. The molecule has 2 heterocycles. The topological polar surface area (TPSA) is 74.8 Å². The van der Waals surface area contributed by atoms with E-state index in [4.69, 9.17) is 4.98 Å². The fraction of sp³-hybridized carbons (Fsp3) is 0.458. The number of carbonyl (C=O) groups is 1. The molecule has 1 atom stereocenters. The molecule has 0 bridgehead atoms. The van der Waals surface area contributed by atoms with Gasteiger partial charge in [-0.25, -0.2) is 4.98 Å². The second-order valence-corrected chi connectivity index (χ2v) is 11.5. The maximum absolute atomic E-state index is 13.3. The number of aromatic amines is 1. The number of carbonyl (C=O) groups excluding carboxylic acids is 1.